The summed E-state index contributed by atoms with van der Waals surface area (Å²) in [4.78, 5) is 4.47. The maximum Gasteiger partial charge on any atom is 0.0947 e. The Morgan fingerprint density at radius 2 is 2.06 bits per heavy atom. The van der Waals surface area contributed by atoms with Gasteiger partial charge >= 0.3 is 0 Å². The number of aromatic nitrogens is 2. The van der Waals surface area contributed by atoms with Crippen LogP contribution in [0.3, 0.4) is 0 Å². The quantitative estimate of drug-likeness (QED) is 0.845. The van der Waals surface area contributed by atoms with E-state index < -0.39 is 0 Å². The van der Waals surface area contributed by atoms with Crippen molar-refractivity contribution in [2.24, 2.45) is 7.05 Å². The van der Waals surface area contributed by atoms with E-state index in [1.807, 2.05) is 17.9 Å². The molecular weight excluding hydrogens is 222 g/mol. The molecule has 1 heterocycles. The minimum absolute atomic E-state index is 0.300. The zero-order valence-electron chi connectivity index (χ0n) is 11.1. The lowest BCUT2D eigenvalue weighted by molar-refractivity contribution is 0.519. The molecule has 3 nitrogen and oxygen atoms in total. The summed E-state index contributed by atoms with van der Waals surface area (Å²) < 4.78 is 2.00. The van der Waals surface area contributed by atoms with Gasteiger partial charge in [-0.3, -0.25) is 0 Å². The van der Waals surface area contributed by atoms with Gasteiger partial charge in [0.05, 0.1) is 18.1 Å². The molecule has 0 aliphatic heterocycles. The number of rotatable bonds is 6. The third-order valence-corrected chi connectivity index (χ3v) is 3.01. The van der Waals surface area contributed by atoms with Crippen LogP contribution in [0, 0.1) is 0 Å². The van der Waals surface area contributed by atoms with Gasteiger partial charge in [-0.05, 0) is 24.9 Å². The fourth-order valence-electron chi connectivity index (χ4n) is 2.06. The number of nitrogens with one attached hydrogen (secondary N) is 1. The summed E-state index contributed by atoms with van der Waals surface area (Å²) in [5, 5.41) is 3.57. The first-order chi connectivity index (χ1) is 8.79. The Bertz CT molecular complexity index is 462. The van der Waals surface area contributed by atoms with Gasteiger partial charge in [0.2, 0.25) is 0 Å². The van der Waals surface area contributed by atoms with Crippen LogP contribution >= 0.6 is 0 Å². The monoisotopic (exact) mass is 243 g/mol. The van der Waals surface area contributed by atoms with Crippen LogP contribution in [0.25, 0.3) is 0 Å². The summed E-state index contributed by atoms with van der Waals surface area (Å²) in [7, 11) is 2.01. The molecule has 0 spiro atoms. The van der Waals surface area contributed by atoms with Crippen molar-refractivity contribution in [3.8, 4) is 0 Å². The third kappa shape index (κ3) is 3.44. The average Bonchev–Trinajstić information content (AvgIpc) is 2.82. The minimum atomic E-state index is 0.300. The van der Waals surface area contributed by atoms with Crippen molar-refractivity contribution in [3.63, 3.8) is 0 Å². The summed E-state index contributed by atoms with van der Waals surface area (Å²) in [6.07, 6.45) is 6.08. The zero-order valence-corrected chi connectivity index (χ0v) is 11.1. The molecule has 2 aromatic rings. The van der Waals surface area contributed by atoms with E-state index in [0.29, 0.717) is 6.04 Å². The number of imidazole rings is 1. The topological polar surface area (TPSA) is 29.9 Å². The molecule has 0 saturated carbocycles. The van der Waals surface area contributed by atoms with Crippen LogP contribution in [-0.2, 0) is 13.5 Å². The van der Waals surface area contributed by atoms with E-state index >= 15 is 0 Å². The molecule has 1 N–H and O–H groups in total. The van der Waals surface area contributed by atoms with Gasteiger partial charge in [0.15, 0.2) is 0 Å². The van der Waals surface area contributed by atoms with Crippen molar-refractivity contribution in [1.29, 1.82) is 0 Å². The summed E-state index contributed by atoms with van der Waals surface area (Å²) in [5.74, 6) is 0. The normalized spacial score (nSPS) is 12.6. The molecule has 18 heavy (non-hydrogen) atoms. The summed E-state index contributed by atoms with van der Waals surface area (Å²) >= 11 is 0. The van der Waals surface area contributed by atoms with Crippen molar-refractivity contribution < 1.29 is 0 Å². The van der Waals surface area contributed by atoms with Crippen molar-refractivity contribution in [2.75, 3.05) is 6.54 Å². The van der Waals surface area contributed by atoms with Crippen LogP contribution in [0.5, 0.6) is 0 Å². The van der Waals surface area contributed by atoms with E-state index in [1.54, 1.807) is 0 Å². The van der Waals surface area contributed by atoms with Gasteiger partial charge in [-0.25, -0.2) is 4.98 Å². The second-order valence-electron chi connectivity index (χ2n) is 4.66. The molecule has 0 bridgehead atoms. The second kappa shape index (κ2) is 6.36. The van der Waals surface area contributed by atoms with E-state index in [0.717, 1.165) is 25.1 Å². The van der Waals surface area contributed by atoms with Crippen LogP contribution in [-0.4, -0.2) is 16.1 Å². The molecule has 0 radical (unpaired) electrons. The molecule has 0 fully saturated rings. The molecule has 0 aliphatic carbocycles. The lowest BCUT2D eigenvalue weighted by Gasteiger charge is -2.16. The Labute approximate surface area is 109 Å². The highest BCUT2D eigenvalue weighted by Gasteiger charge is 2.13. The first-order valence-electron chi connectivity index (χ1n) is 6.54. The van der Waals surface area contributed by atoms with Gasteiger partial charge in [-0.15, -0.1) is 0 Å². The smallest absolute Gasteiger partial charge is 0.0947 e. The predicted molar refractivity (Wildman–Crippen MR) is 74.4 cm³/mol. The van der Waals surface area contributed by atoms with Crippen LogP contribution < -0.4 is 5.32 Å². The van der Waals surface area contributed by atoms with Gasteiger partial charge in [-0.1, -0.05) is 37.3 Å². The van der Waals surface area contributed by atoms with Crippen LogP contribution in [0.15, 0.2) is 42.9 Å². The first-order valence-corrected chi connectivity index (χ1v) is 6.54. The molecule has 1 atom stereocenters. The number of hydrogen-bond donors (Lipinski definition) is 1. The molecule has 0 saturated heterocycles. The standard InChI is InChI=1S/C15H21N3/c1-3-9-16-14(15-11-18(2)12-17-15)10-13-7-5-4-6-8-13/h4-8,11-12,14,16H,3,9-10H2,1-2H3. The van der Waals surface area contributed by atoms with Gasteiger partial charge in [-0.2, -0.15) is 0 Å². The van der Waals surface area contributed by atoms with Crippen molar-refractivity contribution >= 4 is 0 Å². The maximum atomic E-state index is 4.47. The van der Waals surface area contributed by atoms with Gasteiger partial charge in [0.25, 0.3) is 0 Å². The van der Waals surface area contributed by atoms with E-state index in [-0.39, 0.29) is 0 Å². The van der Waals surface area contributed by atoms with Gasteiger partial charge in [0.1, 0.15) is 0 Å². The fourth-order valence-corrected chi connectivity index (χ4v) is 2.06. The predicted octanol–water partition coefficient (Wildman–Crippen LogP) is 2.70. The highest BCUT2D eigenvalue weighted by molar-refractivity contribution is 5.18. The Kier molecular flexibility index (Phi) is 4.53. The van der Waals surface area contributed by atoms with Gasteiger partial charge < -0.3 is 9.88 Å². The lowest BCUT2D eigenvalue weighted by atomic mass is 10.0. The maximum absolute atomic E-state index is 4.47. The Hall–Kier alpha value is -1.61. The van der Waals surface area contributed by atoms with E-state index in [9.17, 15) is 0 Å². The van der Waals surface area contributed by atoms with E-state index in [2.05, 4.69) is 53.8 Å². The number of aryl methyl sites for hydroxylation is 1. The second-order valence-corrected chi connectivity index (χ2v) is 4.66. The highest BCUT2D eigenvalue weighted by atomic mass is 15.0. The van der Waals surface area contributed by atoms with Crippen molar-refractivity contribution in [2.45, 2.75) is 25.8 Å². The van der Waals surface area contributed by atoms with Crippen LogP contribution in [0.2, 0.25) is 0 Å². The van der Waals surface area contributed by atoms with Crippen molar-refractivity contribution in [1.82, 2.24) is 14.9 Å². The van der Waals surface area contributed by atoms with Crippen LogP contribution in [0.1, 0.15) is 30.6 Å². The molecule has 1 aromatic carbocycles. The zero-order chi connectivity index (χ0) is 12.8. The Balaban J connectivity index is 2.10. The number of benzene rings is 1. The highest BCUT2D eigenvalue weighted by Crippen LogP contribution is 2.16. The van der Waals surface area contributed by atoms with Crippen LogP contribution in [0.4, 0.5) is 0 Å². The molecule has 0 aliphatic rings. The molecule has 0 amide bonds. The molecule has 1 aromatic heterocycles. The first kappa shape index (κ1) is 12.8. The number of nitrogens with zero attached hydrogens (tertiary/aromatic N) is 2. The molecule has 96 valence electrons. The SMILES string of the molecule is CCCNC(Cc1ccccc1)c1cn(C)cn1. The molecule has 3 heteroatoms. The Morgan fingerprint density at radius 1 is 1.28 bits per heavy atom. The summed E-state index contributed by atoms with van der Waals surface area (Å²) in [5.41, 5.74) is 2.46. The summed E-state index contributed by atoms with van der Waals surface area (Å²) in [6, 6.07) is 10.9. The fraction of sp³-hybridized carbons (Fsp3) is 0.400. The summed E-state index contributed by atoms with van der Waals surface area (Å²) in [6.45, 7) is 3.21. The molecule has 1 unspecified atom stereocenters. The number of hydrogen-bond acceptors (Lipinski definition) is 2. The third-order valence-electron chi connectivity index (χ3n) is 3.01. The van der Waals surface area contributed by atoms with E-state index in [4.69, 9.17) is 0 Å². The largest absolute Gasteiger partial charge is 0.340 e. The van der Waals surface area contributed by atoms with Gasteiger partial charge in [0, 0.05) is 13.2 Å². The minimum Gasteiger partial charge on any atom is -0.340 e. The lowest BCUT2D eigenvalue weighted by Crippen LogP contribution is -2.24. The van der Waals surface area contributed by atoms with Crippen molar-refractivity contribution in [3.05, 3.63) is 54.1 Å². The average molecular weight is 243 g/mol. The Morgan fingerprint density at radius 3 is 2.67 bits per heavy atom. The molecule has 2 rings (SSSR count). The molecular formula is C15H21N3. The van der Waals surface area contributed by atoms with E-state index in [1.165, 1.54) is 5.56 Å².